The summed E-state index contributed by atoms with van der Waals surface area (Å²) in [5.74, 6) is -1.96. The second-order valence-corrected chi connectivity index (χ2v) is 3.95. The second-order valence-electron chi connectivity index (χ2n) is 3.95. The van der Waals surface area contributed by atoms with Crippen LogP contribution < -0.4 is 0 Å². The lowest BCUT2D eigenvalue weighted by molar-refractivity contribution is 0.0981. The summed E-state index contributed by atoms with van der Waals surface area (Å²) in [6.07, 6.45) is 1.10. The van der Waals surface area contributed by atoms with Gasteiger partial charge in [0.1, 0.15) is 23.8 Å². The van der Waals surface area contributed by atoms with Crippen molar-refractivity contribution in [3.8, 4) is 0 Å². The lowest BCUT2D eigenvalue weighted by atomic mass is 10.0. The third-order valence-corrected chi connectivity index (χ3v) is 2.69. The van der Waals surface area contributed by atoms with Gasteiger partial charge in [-0.25, -0.2) is 13.8 Å². The summed E-state index contributed by atoms with van der Waals surface area (Å²) >= 11 is 0. The molecule has 1 aromatic heterocycles. The normalized spacial score (nSPS) is 10.7. The molecule has 0 amide bonds. The molecule has 0 atom stereocenters. The van der Waals surface area contributed by atoms with Crippen LogP contribution in [0, 0.1) is 18.6 Å². The van der Waals surface area contributed by atoms with Gasteiger partial charge in [0, 0.05) is 7.05 Å². The number of halogens is 2. The average Bonchev–Trinajstić information content (AvgIpc) is 2.70. The number of benzene rings is 1. The molecule has 18 heavy (non-hydrogen) atoms. The van der Waals surface area contributed by atoms with Crippen LogP contribution in [0.3, 0.4) is 0 Å². The number of hydrogen-bond acceptors (Lipinski definition) is 3. The lowest BCUT2D eigenvalue weighted by Gasteiger charge is -2.06. The highest BCUT2D eigenvalue weighted by atomic mass is 19.1. The van der Waals surface area contributed by atoms with E-state index in [2.05, 4.69) is 10.1 Å². The smallest absolute Gasteiger partial charge is 0.176 e. The molecular weight excluding hydrogens is 240 g/mol. The Morgan fingerprint density at radius 2 is 2.11 bits per heavy atom. The van der Waals surface area contributed by atoms with Crippen molar-refractivity contribution < 1.29 is 13.6 Å². The van der Waals surface area contributed by atoms with E-state index in [1.807, 2.05) is 0 Å². The monoisotopic (exact) mass is 251 g/mol. The molecule has 0 saturated carbocycles. The van der Waals surface area contributed by atoms with E-state index in [9.17, 15) is 13.6 Å². The number of hydrogen-bond donors (Lipinski definition) is 0. The third-order valence-electron chi connectivity index (χ3n) is 2.69. The Morgan fingerprint density at radius 3 is 2.72 bits per heavy atom. The van der Waals surface area contributed by atoms with Gasteiger partial charge in [-0.2, -0.15) is 5.10 Å². The van der Waals surface area contributed by atoms with Gasteiger partial charge in [0.25, 0.3) is 0 Å². The molecule has 2 aromatic rings. The molecule has 4 nitrogen and oxygen atoms in total. The van der Waals surface area contributed by atoms with Crippen LogP contribution in [0.25, 0.3) is 0 Å². The number of ketones is 1. The number of rotatable bonds is 3. The Labute approximate surface area is 102 Å². The molecule has 0 spiro atoms. The van der Waals surface area contributed by atoms with Gasteiger partial charge in [-0.3, -0.25) is 9.48 Å². The molecule has 0 saturated heterocycles. The molecule has 6 heteroatoms. The lowest BCUT2D eigenvalue weighted by Crippen LogP contribution is -2.13. The van der Waals surface area contributed by atoms with Gasteiger partial charge in [0.05, 0.1) is 12.0 Å². The van der Waals surface area contributed by atoms with Crippen molar-refractivity contribution in [1.82, 2.24) is 14.8 Å². The van der Waals surface area contributed by atoms with Crippen molar-refractivity contribution in [3.05, 3.63) is 47.0 Å². The van der Waals surface area contributed by atoms with E-state index in [0.29, 0.717) is 5.82 Å². The molecule has 0 bridgehead atoms. The number of carbonyl (C=O) groups excluding carboxylic acids is 1. The van der Waals surface area contributed by atoms with E-state index >= 15 is 0 Å². The highest BCUT2D eigenvalue weighted by molar-refractivity contribution is 5.97. The Hall–Kier alpha value is -2.11. The summed E-state index contributed by atoms with van der Waals surface area (Å²) in [7, 11) is 1.61. The van der Waals surface area contributed by atoms with Gasteiger partial charge < -0.3 is 0 Å². The molecule has 1 aromatic carbocycles. The minimum Gasteiger partial charge on any atom is -0.293 e. The molecule has 0 N–H and O–H groups in total. The number of aromatic nitrogens is 3. The van der Waals surface area contributed by atoms with Gasteiger partial charge in [0.2, 0.25) is 0 Å². The minimum atomic E-state index is -0.856. The first-order valence-electron chi connectivity index (χ1n) is 5.31. The zero-order valence-corrected chi connectivity index (χ0v) is 9.94. The molecular formula is C12H11F2N3O. The largest absolute Gasteiger partial charge is 0.293 e. The van der Waals surface area contributed by atoms with Gasteiger partial charge >= 0.3 is 0 Å². The maximum absolute atomic E-state index is 13.7. The molecule has 94 valence electrons. The Kier molecular flexibility index (Phi) is 3.18. The van der Waals surface area contributed by atoms with Crippen molar-refractivity contribution >= 4 is 5.78 Å². The number of aryl methyl sites for hydroxylation is 2. The summed E-state index contributed by atoms with van der Waals surface area (Å²) in [6.45, 7) is 1.48. The van der Waals surface area contributed by atoms with E-state index in [-0.39, 0.29) is 12.0 Å². The fourth-order valence-corrected chi connectivity index (χ4v) is 1.62. The van der Waals surface area contributed by atoms with E-state index in [1.165, 1.54) is 24.0 Å². The number of nitrogens with zero attached hydrogens (tertiary/aromatic N) is 3. The SMILES string of the molecule is Cc1ccc(F)c(C(=O)Cc2ncnn2C)c1F. The maximum Gasteiger partial charge on any atom is 0.176 e. The van der Waals surface area contributed by atoms with Crippen LogP contribution in [0.2, 0.25) is 0 Å². The average molecular weight is 251 g/mol. The van der Waals surface area contributed by atoms with E-state index in [4.69, 9.17) is 0 Å². The molecule has 2 rings (SSSR count). The van der Waals surface area contributed by atoms with Gasteiger partial charge in [-0.1, -0.05) is 6.07 Å². The Bertz CT molecular complexity index is 607. The van der Waals surface area contributed by atoms with Crippen molar-refractivity contribution in [1.29, 1.82) is 0 Å². The predicted molar refractivity (Wildman–Crippen MR) is 60.1 cm³/mol. The molecule has 1 heterocycles. The fraction of sp³-hybridized carbons (Fsp3) is 0.250. The quantitative estimate of drug-likeness (QED) is 0.782. The highest BCUT2D eigenvalue weighted by Gasteiger charge is 2.20. The number of Topliss-reactive ketones (excluding diaryl/α,β-unsaturated/α-hetero) is 1. The van der Waals surface area contributed by atoms with Crippen LogP contribution in [0.15, 0.2) is 18.5 Å². The van der Waals surface area contributed by atoms with Crippen LogP contribution in [0.1, 0.15) is 21.7 Å². The zero-order chi connectivity index (χ0) is 13.3. The third kappa shape index (κ3) is 2.13. The summed E-state index contributed by atoms with van der Waals surface area (Å²) in [5.41, 5.74) is -0.282. The maximum atomic E-state index is 13.7. The zero-order valence-electron chi connectivity index (χ0n) is 9.94. The first-order valence-corrected chi connectivity index (χ1v) is 5.31. The highest BCUT2D eigenvalue weighted by Crippen LogP contribution is 2.18. The van der Waals surface area contributed by atoms with E-state index in [1.54, 1.807) is 7.05 Å². The first kappa shape index (κ1) is 12.3. The van der Waals surface area contributed by atoms with Crippen LogP contribution in [0.4, 0.5) is 8.78 Å². The summed E-state index contributed by atoms with van der Waals surface area (Å²) in [5, 5.41) is 3.79. The van der Waals surface area contributed by atoms with Gasteiger partial charge in [0.15, 0.2) is 5.78 Å². The van der Waals surface area contributed by atoms with Crippen LogP contribution >= 0.6 is 0 Å². The standard InChI is InChI=1S/C12H11F2N3O/c1-7-3-4-8(13)11(12(7)14)9(18)5-10-15-6-16-17(10)2/h3-4,6H,5H2,1-2H3. The summed E-state index contributed by atoms with van der Waals surface area (Å²) in [4.78, 5) is 15.7. The topological polar surface area (TPSA) is 47.8 Å². The Morgan fingerprint density at radius 1 is 1.39 bits per heavy atom. The molecule has 0 aliphatic heterocycles. The molecule has 0 fully saturated rings. The molecule has 0 aliphatic rings. The minimum absolute atomic E-state index is 0.187. The number of carbonyl (C=O) groups is 1. The molecule has 0 aliphatic carbocycles. The van der Waals surface area contributed by atoms with Crippen LogP contribution in [-0.4, -0.2) is 20.5 Å². The van der Waals surface area contributed by atoms with Crippen LogP contribution in [0.5, 0.6) is 0 Å². The molecule has 0 unspecified atom stereocenters. The van der Waals surface area contributed by atoms with E-state index < -0.39 is 23.0 Å². The second kappa shape index (κ2) is 4.64. The van der Waals surface area contributed by atoms with E-state index in [0.717, 1.165) is 6.07 Å². The van der Waals surface area contributed by atoms with Crippen LogP contribution in [-0.2, 0) is 13.5 Å². The fourth-order valence-electron chi connectivity index (χ4n) is 1.62. The van der Waals surface area contributed by atoms with Crippen molar-refractivity contribution in [2.45, 2.75) is 13.3 Å². The summed E-state index contributed by atoms with van der Waals surface area (Å²) < 4.78 is 28.6. The summed E-state index contributed by atoms with van der Waals surface area (Å²) in [6, 6.07) is 2.38. The predicted octanol–water partition coefficient (Wildman–Crippen LogP) is 1.83. The van der Waals surface area contributed by atoms with Gasteiger partial charge in [-0.15, -0.1) is 0 Å². The Balaban J connectivity index is 2.35. The first-order chi connectivity index (χ1) is 8.50. The molecule has 0 radical (unpaired) electrons. The van der Waals surface area contributed by atoms with Crippen molar-refractivity contribution in [3.63, 3.8) is 0 Å². The van der Waals surface area contributed by atoms with Crippen molar-refractivity contribution in [2.75, 3.05) is 0 Å². The van der Waals surface area contributed by atoms with Crippen molar-refractivity contribution in [2.24, 2.45) is 7.05 Å². The van der Waals surface area contributed by atoms with Gasteiger partial charge in [-0.05, 0) is 18.6 Å².